The summed E-state index contributed by atoms with van der Waals surface area (Å²) in [6, 6.07) is 15.3. The summed E-state index contributed by atoms with van der Waals surface area (Å²) in [5, 5.41) is 1.69. The summed E-state index contributed by atoms with van der Waals surface area (Å²) in [6.45, 7) is 0. The first-order valence-electron chi connectivity index (χ1n) is 8.74. The molecule has 0 aliphatic heterocycles. The van der Waals surface area contributed by atoms with Crippen molar-refractivity contribution in [2.45, 2.75) is 0 Å². The number of aldehydes is 2. The monoisotopic (exact) mass is 366 g/mol. The van der Waals surface area contributed by atoms with E-state index in [2.05, 4.69) is 9.97 Å². The topological polar surface area (TPSA) is 69.8 Å². The first-order valence-corrected chi connectivity index (χ1v) is 8.74. The standard InChI is InChI=1S/C22H14N4O2/c27-13-15-11-25(19-7-3-1-5-17(15)19)21-22(24-10-9-23-21)26-12-16(14-28)18-6-2-4-8-20(18)26/h1-14H. The van der Waals surface area contributed by atoms with Crippen molar-refractivity contribution in [2.24, 2.45) is 0 Å². The van der Waals surface area contributed by atoms with Crippen molar-refractivity contribution < 1.29 is 9.59 Å². The van der Waals surface area contributed by atoms with Gasteiger partial charge in [0.25, 0.3) is 0 Å². The van der Waals surface area contributed by atoms with Crippen LogP contribution in [-0.4, -0.2) is 31.7 Å². The molecule has 3 aromatic heterocycles. The minimum absolute atomic E-state index is 0.574. The van der Waals surface area contributed by atoms with Gasteiger partial charge in [0.15, 0.2) is 24.2 Å². The van der Waals surface area contributed by atoms with Crippen LogP contribution < -0.4 is 0 Å². The van der Waals surface area contributed by atoms with Crippen molar-refractivity contribution >= 4 is 34.4 Å². The molecular formula is C22H14N4O2. The van der Waals surface area contributed by atoms with Gasteiger partial charge in [-0.2, -0.15) is 0 Å². The molecule has 5 aromatic rings. The van der Waals surface area contributed by atoms with Crippen LogP contribution >= 0.6 is 0 Å². The summed E-state index contributed by atoms with van der Waals surface area (Å²) in [5.74, 6) is 1.15. The van der Waals surface area contributed by atoms with Crippen LogP contribution in [0.5, 0.6) is 0 Å². The minimum Gasteiger partial charge on any atom is -0.298 e. The normalized spacial score (nSPS) is 11.1. The van der Waals surface area contributed by atoms with E-state index in [0.29, 0.717) is 22.8 Å². The van der Waals surface area contributed by atoms with Gasteiger partial charge in [-0.1, -0.05) is 36.4 Å². The highest BCUT2D eigenvalue weighted by Gasteiger charge is 2.17. The van der Waals surface area contributed by atoms with Gasteiger partial charge in [0.2, 0.25) is 0 Å². The largest absolute Gasteiger partial charge is 0.298 e. The van der Waals surface area contributed by atoms with Crippen molar-refractivity contribution in [2.75, 3.05) is 0 Å². The fourth-order valence-electron chi connectivity index (χ4n) is 3.61. The maximum atomic E-state index is 11.5. The molecule has 0 amide bonds. The Balaban J connectivity index is 1.84. The minimum atomic E-state index is 0.574. The zero-order chi connectivity index (χ0) is 19.1. The molecule has 6 nitrogen and oxygen atoms in total. The van der Waals surface area contributed by atoms with E-state index in [1.54, 1.807) is 24.8 Å². The summed E-state index contributed by atoms with van der Waals surface area (Å²) in [4.78, 5) is 32.2. The van der Waals surface area contributed by atoms with Gasteiger partial charge >= 0.3 is 0 Å². The zero-order valence-corrected chi connectivity index (χ0v) is 14.7. The summed E-state index contributed by atoms with van der Waals surface area (Å²) in [6.07, 6.45) is 8.42. The van der Waals surface area contributed by atoms with Crippen molar-refractivity contribution in [3.8, 4) is 11.6 Å². The number of rotatable bonds is 4. The van der Waals surface area contributed by atoms with Gasteiger partial charge in [-0.25, -0.2) is 9.97 Å². The Bertz CT molecular complexity index is 1260. The van der Waals surface area contributed by atoms with Crippen LogP contribution in [0.4, 0.5) is 0 Å². The quantitative estimate of drug-likeness (QED) is 0.451. The molecule has 0 atom stereocenters. The van der Waals surface area contributed by atoms with Crippen molar-refractivity contribution in [1.29, 1.82) is 0 Å². The molecule has 6 heteroatoms. The van der Waals surface area contributed by atoms with Gasteiger partial charge in [-0.05, 0) is 12.1 Å². The van der Waals surface area contributed by atoms with E-state index in [1.165, 1.54) is 0 Å². The Morgan fingerprint density at radius 1 is 0.643 bits per heavy atom. The molecule has 0 spiro atoms. The molecule has 0 saturated heterocycles. The molecule has 0 radical (unpaired) electrons. The van der Waals surface area contributed by atoms with Crippen LogP contribution in [0.1, 0.15) is 20.7 Å². The van der Waals surface area contributed by atoms with Gasteiger partial charge in [0, 0.05) is 46.7 Å². The summed E-state index contributed by atoms with van der Waals surface area (Å²) in [5.41, 5.74) is 2.88. The molecule has 0 aliphatic rings. The number of fused-ring (bicyclic) bond motifs is 2. The molecule has 3 heterocycles. The van der Waals surface area contributed by atoms with Gasteiger partial charge in [-0.3, -0.25) is 18.7 Å². The predicted octanol–water partition coefficient (Wildman–Crippen LogP) is 3.99. The highest BCUT2D eigenvalue weighted by Crippen LogP contribution is 2.28. The van der Waals surface area contributed by atoms with Gasteiger partial charge in [0.05, 0.1) is 11.0 Å². The summed E-state index contributed by atoms with van der Waals surface area (Å²) >= 11 is 0. The molecule has 28 heavy (non-hydrogen) atoms. The zero-order valence-electron chi connectivity index (χ0n) is 14.7. The predicted molar refractivity (Wildman–Crippen MR) is 106 cm³/mol. The molecule has 2 aromatic carbocycles. The van der Waals surface area contributed by atoms with Crippen LogP contribution in [0.2, 0.25) is 0 Å². The second-order valence-corrected chi connectivity index (χ2v) is 6.38. The molecule has 0 fully saturated rings. The van der Waals surface area contributed by atoms with Gasteiger partial charge in [0.1, 0.15) is 0 Å². The highest BCUT2D eigenvalue weighted by molar-refractivity contribution is 6.00. The van der Waals surface area contributed by atoms with E-state index < -0.39 is 0 Å². The maximum absolute atomic E-state index is 11.5. The molecule has 134 valence electrons. The second-order valence-electron chi connectivity index (χ2n) is 6.38. The third-order valence-electron chi connectivity index (χ3n) is 4.86. The smallest absolute Gasteiger partial charge is 0.181 e. The molecular weight excluding hydrogens is 352 g/mol. The van der Waals surface area contributed by atoms with Crippen LogP contribution in [0.25, 0.3) is 33.4 Å². The van der Waals surface area contributed by atoms with Crippen molar-refractivity contribution in [3.63, 3.8) is 0 Å². The lowest BCUT2D eigenvalue weighted by Gasteiger charge is -2.11. The van der Waals surface area contributed by atoms with E-state index in [-0.39, 0.29) is 0 Å². The number of nitrogens with zero attached hydrogens (tertiary/aromatic N) is 4. The van der Waals surface area contributed by atoms with Gasteiger partial charge in [-0.15, -0.1) is 0 Å². The Hall–Kier alpha value is -4.06. The SMILES string of the molecule is O=Cc1cn(-c2nccnc2-n2cc(C=O)c3ccccc32)c2ccccc12. The highest BCUT2D eigenvalue weighted by atomic mass is 16.1. The lowest BCUT2D eigenvalue weighted by Crippen LogP contribution is -2.06. The van der Waals surface area contributed by atoms with Crippen molar-refractivity contribution in [1.82, 2.24) is 19.1 Å². The number of para-hydroxylation sites is 2. The van der Waals surface area contributed by atoms with E-state index in [0.717, 1.165) is 34.4 Å². The molecule has 5 rings (SSSR count). The van der Waals surface area contributed by atoms with Crippen LogP contribution in [0.15, 0.2) is 73.3 Å². The molecule has 0 aliphatic carbocycles. The number of benzene rings is 2. The van der Waals surface area contributed by atoms with E-state index in [4.69, 9.17) is 0 Å². The Morgan fingerprint density at radius 2 is 1.07 bits per heavy atom. The summed E-state index contributed by atoms with van der Waals surface area (Å²) in [7, 11) is 0. The number of hydrogen-bond acceptors (Lipinski definition) is 4. The first kappa shape index (κ1) is 16.1. The molecule has 0 saturated carbocycles. The number of aromatic nitrogens is 4. The van der Waals surface area contributed by atoms with E-state index in [1.807, 2.05) is 57.7 Å². The molecule has 0 bridgehead atoms. The average Bonchev–Trinajstić information content (AvgIpc) is 3.32. The van der Waals surface area contributed by atoms with Gasteiger partial charge < -0.3 is 0 Å². The second kappa shape index (κ2) is 6.28. The van der Waals surface area contributed by atoms with Crippen LogP contribution in [0, 0.1) is 0 Å². The van der Waals surface area contributed by atoms with E-state index >= 15 is 0 Å². The Morgan fingerprint density at radius 3 is 1.50 bits per heavy atom. The number of carbonyl (C=O) groups excluding carboxylic acids is 2. The van der Waals surface area contributed by atoms with Crippen LogP contribution in [-0.2, 0) is 0 Å². The lowest BCUT2D eigenvalue weighted by atomic mass is 10.2. The lowest BCUT2D eigenvalue weighted by molar-refractivity contribution is 0.111. The Kier molecular flexibility index (Phi) is 3.62. The molecule has 0 N–H and O–H groups in total. The Labute approximate surface area is 159 Å². The number of hydrogen-bond donors (Lipinski definition) is 0. The third-order valence-corrected chi connectivity index (χ3v) is 4.86. The average molecular weight is 366 g/mol. The van der Waals surface area contributed by atoms with E-state index in [9.17, 15) is 9.59 Å². The molecule has 0 unspecified atom stereocenters. The van der Waals surface area contributed by atoms with Crippen molar-refractivity contribution in [3.05, 3.63) is 84.4 Å². The third kappa shape index (κ3) is 2.28. The number of carbonyl (C=O) groups is 2. The van der Waals surface area contributed by atoms with Crippen LogP contribution in [0.3, 0.4) is 0 Å². The first-order chi connectivity index (χ1) is 13.8. The fraction of sp³-hybridized carbons (Fsp3) is 0. The fourth-order valence-corrected chi connectivity index (χ4v) is 3.61. The maximum Gasteiger partial charge on any atom is 0.181 e. The summed E-state index contributed by atoms with van der Waals surface area (Å²) < 4.78 is 3.72.